The van der Waals surface area contributed by atoms with Crippen LogP contribution in [0.4, 0.5) is 5.69 Å². The van der Waals surface area contributed by atoms with Crippen molar-refractivity contribution in [2.75, 3.05) is 11.1 Å². The first-order valence-electron chi connectivity index (χ1n) is 9.37. The SMILES string of the molecule is CCn1c(COc2ccc(C)cc2C)nnc1SCC(=O)Nc1ccc(Br)c(Cl)c1. The van der Waals surface area contributed by atoms with Crippen LogP contribution in [0.15, 0.2) is 46.0 Å². The van der Waals surface area contributed by atoms with Gasteiger partial charge in [0.1, 0.15) is 12.4 Å². The van der Waals surface area contributed by atoms with Gasteiger partial charge in [0.05, 0.1) is 10.8 Å². The van der Waals surface area contributed by atoms with E-state index in [4.69, 9.17) is 16.3 Å². The Balaban J connectivity index is 1.59. The first-order chi connectivity index (χ1) is 14.4. The van der Waals surface area contributed by atoms with Crippen molar-refractivity contribution in [1.82, 2.24) is 14.8 Å². The Kier molecular flexibility index (Phi) is 7.80. The number of anilines is 1. The minimum atomic E-state index is -0.142. The fourth-order valence-electron chi connectivity index (χ4n) is 2.85. The molecule has 0 spiro atoms. The van der Waals surface area contributed by atoms with E-state index in [1.807, 2.05) is 30.5 Å². The summed E-state index contributed by atoms with van der Waals surface area (Å²) in [6.07, 6.45) is 0. The van der Waals surface area contributed by atoms with Gasteiger partial charge < -0.3 is 14.6 Å². The van der Waals surface area contributed by atoms with E-state index in [-0.39, 0.29) is 11.7 Å². The van der Waals surface area contributed by atoms with Gasteiger partial charge in [0.2, 0.25) is 5.91 Å². The number of hydrogen-bond acceptors (Lipinski definition) is 5. The Bertz CT molecular complexity index is 1060. The molecule has 0 saturated heterocycles. The highest BCUT2D eigenvalue weighted by molar-refractivity contribution is 9.10. The third kappa shape index (κ3) is 5.77. The van der Waals surface area contributed by atoms with Crippen LogP contribution in [0.2, 0.25) is 5.02 Å². The zero-order chi connectivity index (χ0) is 21.7. The summed E-state index contributed by atoms with van der Waals surface area (Å²) in [6, 6.07) is 11.3. The lowest BCUT2D eigenvalue weighted by Crippen LogP contribution is -2.15. The summed E-state index contributed by atoms with van der Waals surface area (Å²) in [7, 11) is 0. The first kappa shape index (κ1) is 22.7. The standard InChI is InChI=1S/C21H22BrClN4O2S/c1-4-27-19(11-29-18-8-5-13(2)9-14(18)3)25-26-21(27)30-12-20(28)24-15-6-7-16(22)17(23)10-15/h5-10H,4,11-12H2,1-3H3,(H,24,28). The Hall–Kier alpha value is -2.03. The Morgan fingerprint density at radius 3 is 2.73 bits per heavy atom. The summed E-state index contributed by atoms with van der Waals surface area (Å²) >= 11 is 10.7. The van der Waals surface area contributed by atoms with E-state index in [0.29, 0.717) is 29.0 Å². The van der Waals surface area contributed by atoms with Crippen LogP contribution in [0.1, 0.15) is 23.9 Å². The summed E-state index contributed by atoms with van der Waals surface area (Å²) in [5, 5.41) is 12.5. The monoisotopic (exact) mass is 508 g/mol. The van der Waals surface area contributed by atoms with Gasteiger partial charge in [0.15, 0.2) is 11.0 Å². The van der Waals surface area contributed by atoms with Crippen molar-refractivity contribution in [2.24, 2.45) is 0 Å². The molecule has 0 saturated carbocycles. The van der Waals surface area contributed by atoms with E-state index >= 15 is 0 Å². The van der Waals surface area contributed by atoms with Crippen molar-refractivity contribution in [2.45, 2.75) is 39.1 Å². The molecule has 2 aromatic carbocycles. The maximum Gasteiger partial charge on any atom is 0.234 e. The Morgan fingerprint density at radius 2 is 2.03 bits per heavy atom. The van der Waals surface area contributed by atoms with Crippen LogP contribution >= 0.6 is 39.3 Å². The highest BCUT2D eigenvalue weighted by Crippen LogP contribution is 2.26. The topological polar surface area (TPSA) is 69.0 Å². The van der Waals surface area contributed by atoms with Crippen molar-refractivity contribution >= 4 is 50.9 Å². The molecule has 0 bridgehead atoms. The predicted octanol–water partition coefficient (Wildman–Crippen LogP) is 5.64. The van der Waals surface area contributed by atoms with Gasteiger partial charge in [-0.15, -0.1) is 10.2 Å². The molecule has 1 amide bonds. The third-order valence-electron chi connectivity index (χ3n) is 4.33. The molecule has 30 heavy (non-hydrogen) atoms. The van der Waals surface area contributed by atoms with Crippen LogP contribution in [0.5, 0.6) is 5.75 Å². The Labute approximate surface area is 193 Å². The normalized spacial score (nSPS) is 10.8. The quantitative estimate of drug-likeness (QED) is 0.398. The average molecular weight is 510 g/mol. The third-order valence-corrected chi connectivity index (χ3v) is 6.53. The van der Waals surface area contributed by atoms with Crippen LogP contribution in [0, 0.1) is 13.8 Å². The molecule has 0 unspecified atom stereocenters. The summed E-state index contributed by atoms with van der Waals surface area (Å²) in [4.78, 5) is 12.3. The number of amides is 1. The van der Waals surface area contributed by atoms with E-state index < -0.39 is 0 Å². The van der Waals surface area contributed by atoms with Gasteiger partial charge >= 0.3 is 0 Å². The summed E-state index contributed by atoms with van der Waals surface area (Å²) < 4.78 is 8.67. The zero-order valence-corrected chi connectivity index (χ0v) is 20.1. The molecule has 0 aliphatic rings. The predicted molar refractivity (Wildman–Crippen MR) is 124 cm³/mol. The number of aromatic nitrogens is 3. The van der Waals surface area contributed by atoms with Crippen molar-refractivity contribution < 1.29 is 9.53 Å². The van der Waals surface area contributed by atoms with Gasteiger partial charge in [-0.25, -0.2) is 0 Å². The number of thioether (sulfide) groups is 1. The minimum Gasteiger partial charge on any atom is -0.485 e. The number of aryl methyl sites for hydroxylation is 2. The van der Waals surface area contributed by atoms with E-state index in [2.05, 4.69) is 44.4 Å². The van der Waals surface area contributed by atoms with Crippen LogP contribution in [-0.4, -0.2) is 26.4 Å². The second-order valence-corrected chi connectivity index (χ2v) is 8.87. The summed E-state index contributed by atoms with van der Waals surface area (Å²) in [6.45, 7) is 7.08. The molecule has 0 atom stereocenters. The van der Waals surface area contributed by atoms with Gasteiger partial charge in [-0.05, 0) is 66.5 Å². The van der Waals surface area contributed by atoms with Crippen molar-refractivity contribution in [3.63, 3.8) is 0 Å². The number of nitrogens with one attached hydrogen (secondary N) is 1. The number of rotatable bonds is 8. The van der Waals surface area contributed by atoms with Crippen LogP contribution < -0.4 is 10.1 Å². The maximum absolute atomic E-state index is 12.3. The highest BCUT2D eigenvalue weighted by Gasteiger charge is 2.14. The number of nitrogens with zero attached hydrogens (tertiary/aromatic N) is 3. The lowest BCUT2D eigenvalue weighted by molar-refractivity contribution is -0.113. The fourth-order valence-corrected chi connectivity index (χ4v) is 4.10. The smallest absolute Gasteiger partial charge is 0.234 e. The van der Waals surface area contributed by atoms with Gasteiger partial charge in [0.25, 0.3) is 0 Å². The van der Waals surface area contributed by atoms with Crippen LogP contribution in [-0.2, 0) is 17.9 Å². The zero-order valence-electron chi connectivity index (χ0n) is 16.9. The molecule has 158 valence electrons. The molecule has 1 aromatic heterocycles. The molecular weight excluding hydrogens is 488 g/mol. The number of benzene rings is 2. The molecule has 9 heteroatoms. The molecule has 0 fully saturated rings. The van der Waals surface area contributed by atoms with Crippen LogP contribution in [0.25, 0.3) is 0 Å². The van der Waals surface area contributed by atoms with Gasteiger partial charge in [-0.2, -0.15) is 0 Å². The summed E-state index contributed by atoms with van der Waals surface area (Å²) in [5.41, 5.74) is 2.92. The molecule has 3 rings (SSSR count). The summed E-state index contributed by atoms with van der Waals surface area (Å²) in [5.74, 6) is 1.62. The average Bonchev–Trinajstić information content (AvgIpc) is 3.10. The second-order valence-electron chi connectivity index (χ2n) is 6.67. The highest BCUT2D eigenvalue weighted by atomic mass is 79.9. The van der Waals surface area contributed by atoms with E-state index in [1.54, 1.807) is 18.2 Å². The fraction of sp³-hybridized carbons (Fsp3) is 0.286. The van der Waals surface area contributed by atoms with E-state index in [9.17, 15) is 4.79 Å². The first-order valence-corrected chi connectivity index (χ1v) is 11.5. The molecule has 0 aliphatic heterocycles. The number of carbonyl (C=O) groups excluding carboxylic acids is 1. The molecule has 6 nitrogen and oxygen atoms in total. The molecule has 1 N–H and O–H groups in total. The molecule has 1 heterocycles. The van der Waals surface area contributed by atoms with Crippen molar-refractivity contribution in [1.29, 1.82) is 0 Å². The van der Waals surface area contributed by atoms with Crippen molar-refractivity contribution in [3.05, 3.63) is 62.8 Å². The van der Waals surface area contributed by atoms with Crippen LogP contribution in [0.3, 0.4) is 0 Å². The van der Waals surface area contributed by atoms with Gasteiger partial charge in [-0.1, -0.05) is 41.1 Å². The lowest BCUT2D eigenvalue weighted by Gasteiger charge is -2.11. The molecule has 0 aliphatic carbocycles. The van der Waals surface area contributed by atoms with E-state index in [1.165, 1.54) is 17.3 Å². The van der Waals surface area contributed by atoms with Gasteiger partial charge in [-0.3, -0.25) is 4.79 Å². The number of carbonyl (C=O) groups is 1. The van der Waals surface area contributed by atoms with E-state index in [0.717, 1.165) is 21.6 Å². The number of hydrogen-bond donors (Lipinski definition) is 1. The van der Waals surface area contributed by atoms with Crippen molar-refractivity contribution in [3.8, 4) is 5.75 Å². The maximum atomic E-state index is 12.3. The second kappa shape index (κ2) is 10.3. The Morgan fingerprint density at radius 1 is 1.23 bits per heavy atom. The lowest BCUT2D eigenvalue weighted by atomic mass is 10.1. The largest absolute Gasteiger partial charge is 0.485 e. The molecule has 3 aromatic rings. The minimum absolute atomic E-state index is 0.142. The van der Waals surface area contributed by atoms with Gasteiger partial charge in [0, 0.05) is 16.7 Å². The molecular formula is C21H22BrClN4O2S. The molecule has 0 radical (unpaired) electrons. The number of ether oxygens (including phenoxy) is 1. The number of halogens is 2.